The number of sulfonamides is 1. The molecule has 1 fully saturated rings. The van der Waals surface area contributed by atoms with Crippen molar-refractivity contribution in [2.75, 3.05) is 19.6 Å². The van der Waals surface area contributed by atoms with E-state index in [2.05, 4.69) is 5.16 Å². The minimum absolute atomic E-state index is 0.121. The molecule has 2 aromatic rings. The Morgan fingerprint density at radius 3 is 2.52 bits per heavy atom. The van der Waals surface area contributed by atoms with Crippen molar-refractivity contribution in [2.24, 2.45) is 0 Å². The van der Waals surface area contributed by atoms with E-state index in [0.29, 0.717) is 54.5 Å². The lowest BCUT2D eigenvalue weighted by Gasteiger charge is -2.29. The van der Waals surface area contributed by atoms with Gasteiger partial charge in [-0.1, -0.05) is 11.2 Å². The van der Waals surface area contributed by atoms with Crippen molar-refractivity contribution < 1.29 is 17.7 Å². The van der Waals surface area contributed by atoms with E-state index in [4.69, 9.17) is 4.52 Å². The Kier molecular flexibility index (Phi) is 4.55. The first-order chi connectivity index (χ1) is 12.9. The molecule has 1 amide bonds. The molecule has 0 atom stereocenters. The third-order valence-corrected chi connectivity index (χ3v) is 7.32. The Hall–Kier alpha value is -2.19. The van der Waals surface area contributed by atoms with Crippen LogP contribution in [0.2, 0.25) is 0 Å². The molecular weight excluding hydrogens is 366 g/mol. The van der Waals surface area contributed by atoms with Gasteiger partial charge in [0.1, 0.15) is 11.3 Å². The molecule has 0 saturated carbocycles. The van der Waals surface area contributed by atoms with Gasteiger partial charge in [-0.2, -0.15) is 4.31 Å². The van der Waals surface area contributed by atoms with Crippen LogP contribution in [0.5, 0.6) is 0 Å². The summed E-state index contributed by atoms with van der Waals surface area (Å²) >= 11 is 0. The molecule has 8 heteroatoms. The van der Waals surface area contributed by atoms with Crippen LogP contribution < -0.4 is 0 Å². The molecule has 0 bridgehead atoms. The quantitative estimate of drug-likeness (QED) is 0.804. The van der Waals surface area contributed by atoms with Crippen LogP contribution in [0.25, 0.3) is 0 Å². The monoisotopic (exact) mass is 389 g/mol. The topological polar surface area (TPSA) is 83.7 Å². The molecule has 0 unspecified atom stereocenters. The van der Waals surface area contributed by atoms with E-state index in [9.17, 15) is 13.2 Å². The average Bonchev–Trinajstić information content (AvgIpc) is 3.31. The van der Waals surface area contributed by atoms with Gasteiger partial charge in [0.15, 0.2) is 0 Å². The summed E-state index contributed by atoms with van der Waals surface area (Å²) in [6, 6.07) is 5.31. The Balaban J connectivity index is 1.61. The predicted octanol–water partition coefficient (Wildman–Crippen LogP) is 2.27. The first kappa shape index (κ1) is 18.2. The molecule has 144 valence electrons. The highest BCUT2D eigenvalue weighted by Gasteiger charge is 2.30. The summed E-state index contributed by atoms with van der Waals surface area (Å²) in [6.45, 7) is 5.62. The molecule has 0 N–H and O–H groups in total. The zero-order valence-corrected chi connectivity index (χ0v) is 16.4. The van der Waals surface area contributed by atoms with E-state index in [1.54, 1.807) is 35.2 Å². The van der Waals surface area contributed by atoms with Gasteiger partial charge in [-0.25, -0.2) is 8.42 Å². The number of carbonyl (C=O) groups excluding carboxylic acids is 1. The van der Waals surface area contributed by atoms with Crippen LogP contribution in [0.4, 0.5) is 0 Å². The zero-order valence-electron chi connectivity index (χ0n) is 15.6. The molecule has 0 radical (unpaired) electrons. The van der Waals surface area contributed by atoms with Crippen molar-refractivity contribution in [3.05, 3.63) is 46.3 Å². The number of rotatable bonds is 3. The lowest BCUT2D eigenvalue weighted by molar-refractivity contribution is 0.0732. The third-order valence-electron chi connectivity index (χ3n) is 5.43. The molecule has 0 spiro atoms. The fourth-order valence-electron chi connectivity index (χ4n) is 3.89. The van der Waals surface area contributed by atoms with Crippen LogP contribution >= 0.6 is 0 Å². The highest BCUT2D eigenvalue weighted by atomic mass is 32.2. The minimum Gasteiger partial charge on any atom is -0.361 e. The number of fused-ring (bicyclic) bond motifs is 1. The van der Waals surface area contributed by atoms with Gasteiger partial charge < -0.3 is 9.42 Å². The second-order valence-electron chi connectivity index (χ2n) is 7.22. The van der Waals surface area contributed by atoms with E-state index in [0.717, 1.165) is 24.0 Å². The van der Waals surface area contributed by atoms with Gasteiger partial charge in [0.05, 0.1) is 10.6 Å². The van der Waals surface area contributed by atoms with Crippen LogP contribution in [0.3, 0.4) is 0 Å². The van der Waals surface area contributed by atoms with E-state index < -0.39 is 10.0 Å². The van der Waals surface area contributed by atoms with Gasteiger partial charge in [0.2, 0.25) is 10.0 Å². The number of amides is 1. The molecule has 0 aliphatic carbocycles. The molecule has 1 aromatic carbocycles. The number of carbonyl (C=O) groups is 1. The number of nitrogens with zero attached hydrogens (tertiary/aromatic N) is 3. The van der Waals surface area contributed by atoms with Crippen molar-refractivity contribution in [2.45, 2.75) is 44.6 Å². The first-order valence-electron chi connectivity index (χ1n) is 9.22. The van der Waals surface area contributed by atoms with Gasteiger partial charge in [-0.3, -0.25) is 4.79 Å². The molecule has 1 aromatic heterocycles. The summed E-state index contributed by atoms with van der Waals surface area (Å²) < 4.78 is 32.3. The number of hydrogen-bond donors (Lipinski definition) is 0. The molecule has 2 aliphatic heterocycles. The summed E-state index contributed by atoms with van der Waals surface area (Å²) in [5.41, 5.74) is 3.06. The van der Waals surface area contributed by atoms with Crippen LogP contribution in [0.1, 0.15) is 45.8 Å². The van der Waals surface area contributed by atoms with Crippen LogP contribution in [0, 0.1) is 13.8 Å². The lowest BCUT2D eigenvalue weighted by atomic mass is 9.99. The van der Waals surface area contributed by atoms with Crippen LogP contribution in [0.15, 0.2) is 27.6 Å². The minimum atomic E-state index is -3.46. The van der Waals surface area contributed by atoms with Gasteiger partial charge in [-0.05, 0) is 56.4 Å². The van der Waals surface area contributed by atoms with Crippen LogP contribution in [-0.2, 0) is 23.0 Å². The maximum atomic E-state index is 12.9. The van der Waals surface area contributed by atoms with E-state index in [1.165, 1.54) is 0 Å². The van der Waals surface area contributed by atoms with Crippen LogP contribution in [-0.4, -0.2) is 48.3 Å². The normalized spacial score (nSPS) is 17.9. The first-order valence-corrected chi connectivity index (χ1v) is 10.7. The number of aromatic nitrogens is 1. The molecule has 4 rings (SSSR count). The molecule has 3 heterocycles. The molecule has 27 heavy (non-hydrogen) atoms. The maximum Gasteiger partial charge on any atom is 0.259 e. The smallest absolute Gasteiger partial charge is 0.259 e. The van der Waals surface area contributed by atoms with Crippen molar-refractivity contribution in [3.63, 3.8) is 0 Å². The molecule has 7 nitrogen and oxygen atoms in total. The van der Waals surface area contributed by atoms with Crippen molar-refractivity contribution in [3.8, 4) is 0 Å². The van der Waals surface area contributed by atoms with Gasteiger partial charge >= 0.3 is 0 Å². The standard InChI is InChI=1S/C19H23N3O4S/c1-13-18(14(2)26-20-13)19(23)21-10-7-15-5-6-17(11-16(15)12-21)27(24,25)22-8-3-4-9-22/h5-6,11H,3-4,7-10,12H2,1-2H3. The summed E-state index contributed by atoms with van der Waals surface area (Å²) in [5, 5.41) is 3.86. The molecule has 2 aliphatic rings. The van der Waals surface area contributed by atoms with Gasteiger partial charge in [0.25, 0.3) is 5.91 Å². The fraction of sp³-hybridized carbons (Fsp3) is 0.474. The zero-order chi connectivity index (χ0) is 19.2. The molecule has 1 saturated heterocycles. The van der Waals surface area contributed by atoms with E-state index >= 15 is 0 Å². The van der Waals surface area contributed by atoms with Gasteiger partial charge in [-0.15, -0.1) is 0 Å². The number of benzene rings is 1. The summed E-state index contributed by atoms with van der Waals surface area (Å²) in [5.74, 6) is 0.387. The molecular formula is C19H23N3O4S. The Morgan fingerprint density at radius 2 is 1.85 bits per heavy atom. The van der Waals surface area contributed by atoms with Crippen molar-refractivity contribution in [1.29, 1.82) is 0 Å². The van der Waals surface area contributed by atoms with Crippen molar-refractivity contribution >= 4 is 15.9 Å². The maximum absolute atomic E-state index is 12.9. The Labute approximate surface area is 159 Å². The number of aryl methyl sites for hydroxylation is 2. The summed E-state index contributed by atoms with van der Waals surface area (Å²) in [6.07, 6.45) is 2.52. The Bertz CT molecular complexity index is 971. The second kappa shape index (κ2) is 6.76. The fourth-order valence-corrected chi connectivity index (χ4v) is 5.46. The third kappa shape index (κ3) is 3.17. The Morgan fingerprint density at radius 1 is 1.11 bits per heavy atom. The summed E-state index contributed by atoms with van der Waals surface area (Å²) in [7, 11) is -3.46. The number of hydrogen-bond acceptors (Lipinski definition) is 5. The SMILES string of the molecule is Cc1noc(C)c1C(=O)N1CCc2ccc(S(=O)(=O)N3CCCC3)cc2C1. The summed E-state index contributed by atoms with van der Waals surface area (Å²) in [4.78, 5) is 15.0. The predicted molar refractivity (Wildman–Crippen MR) is 98.9 cm³/mol. The van der Waals surface area contributed by atoms with E-state index in [1.807, 2.05) is 6.07 Å². The lowest BCUT2D eigenvalue weighted by Crippen LogP contribution is -2.36. The van der Waals surface area contributed by atoms with Crippen molar-refractivity contribution in [1.82, 2.24) is 14.4 Å². The highest BCUT2D eigenvalue weighted by Crippen LogP contribution is 2.27. The van der Waals surface area contributed by atoms with Gasteiger partial charge in [0, 0.05) is 26.2 Å². The highest BCUT2D eigenvalue weighted by molar-refractivity contribution is 7.89. The second-order valence-corrected chi connectivity index (χ2v) is 9.16. The van der Waals surface area contributed by atoms with E-state index in [-0.39, 0.29) is 5.91 Å². The largest absolute Gasteiger partial charge is 0.361 e. The average molecular weight is 389 g/mol.